The number of non-ortho nitro benzene ring substituents is 1. The van der Waals surface area contributed by atoms with Crippen LogP contribution in [0.3, 0.4) is 0 Å². The van der Waals surface area contributed by atoms with E-state index < -0.39 is 4.92 Å². The molecule has 50 valence electrons. The molecule has 0 fully saturated rings. The summed E-state index contributed by atoms with van der Waals surface area (Å²) in [6, 6.07) is 5.03. The number of aromatic nitrogens is 1. The number of nitro groups is 1. The summed E-state index contributed by atoms with van der Waals surface area (Å²) in [4.78, 5) is 12.7. The first-order valence-electron chi connectivity index (χ1n) is 2.83. The smallest absolute Gasteiger partial charge is 0.294 e. The van der Waals surface area contributed by atoms with Gasteiger partial charge in [-0.05, 0) is 12.1 Å². The van der Waals surface area contributed by atoms with Crippen molar-refractivity contribution in [2.75, 3.05) is 0 Å². The summed E-state index contributed by atoms with van der Waals surface area (Å²) < 4.78 is 0. The van der Waals surface area contributed by atoms with Crippen LogP contribution in [0.25, 0.3) is 11.0 Å². The van der Waals surface area contributed by atoms with Crippen LogP contribution in [0, 0.1) is 10.1 Å². The molecular weight excluding hydrogens is 132 g/mol. The van der Waals surface area contributed by atoms with E-state index in [2.05, 4.69) is 4.98 Å². The molecule has 0 radical (unpaired) electrons. The quantitative estimate of drug-likeness (QED) is 0.477. The highest BCUT2D eigenvalue weighted by Crippen LogP contribution is 2.24. The molecule has 0 spiro atoms. The number of rotatable bonds is 1. The zero-order valence-corrected chi connectivity index (χ0v) is 5.00. The first-order chi connectivity index (χ1) is 4.77. The maximum atomic E-state index is 10.2. The molecule has 4 nitrogen and oxygen atoms in total. The minimum atomic E-state index is -0.390. The summed E-state index contributed by atoms with van der Waals surface area (Å²) in [6.45, 7) is 0. The Bertz CT molecular complexity index is 365. The lowest BCUT2D eigenvalue weighted by Gasteiger charge is -1.83. The molecule has 2 aromatic heterocycles. The molecule has 0 aromatic carbocycles. The molecule has 2 heterocycles. The molecular formula is C6H4N2O2. The predicted octanol–water partition coefficient (Wildman–Crippen LogP) is 1.51. The molecule has 0 aliphatic carbocycles. The number of aromatic amines is 1. The second kappa shape index (κ2) is 1.47. The van der Waals surface area contributed by atoms with Crippen LogP contribution in [0.5, 0.6) is 0 Å². The van der Waals surface area contributed by atoms with E-state index >= 15 is 0 Å². The van der Waals surface area contributed by atoms with E-state index in [1.165, 1.54) is 6.07 Å². The van der Waals surface area contributed by atoms with Gasteiger partial charge in [0.15, 0.2) is 0 Å². The van der Waals surface area contributed by atoms with Crippen LogP contribution in [0.15, 0.2) is 18.2 Å². The maximum Gasteiger partial charge on any atom is 0.294 e. The summed E-state index contributed by atoms with van der Waals surface area (Å²) in [5, 5.41) is 10.2. The summed E-state index contributed by atoms with van der Waals surface area (Å²) in [5.74, 6) is 0. The Balaban J connectivity index is 2.73. The van der Waals surface area contributed by atoms with Gasteiger partial charge in [-0.3, -0.25) is 10.1 Å². The summed E-state index contributed by atoms with van der Waals surface area (Å²) >= 11 is 0. The van der Waals surface area contributed by atoms with E-state index in [-0.39, 0.29) is 5.69 Å². The van der Waals surface area contributed by atoms with Crippen molar-refractivity contribution in [3.63, 3.8) is 0 Å². The first-order valence-corrected chi connectivity index (χ1v) is 2.83. The highest BCUT2D eigenvalue weighted by atomic mass is 16.6. The summed E-state index contributed by atoms with van der Waals surface area (Å²) in [6.07, 6.45) is 0. The second-order valence-corrected chi connectivity index (χ2v) is 2.11. The van der Waals surface area contributed by atoms with Crippen molar-refractivity contribution < 1.29 is 4.92 Å². The van der Waals surface area contributed by atoms with Crippen molar-refractivity contribution in [3.8, 4) is 0 Å². The molecule has 0 unspecified atom stereocenters. The van der Waals surface area contributed by atoms with Crippen molar-refractivity contribution in [3.05, 3.63) is 28.3 Å². The molecule has 10 heavy (non-hydrogen) atoms. The number of benzene rings is 1. The number of nitrogens with zero attached hydrogens (tertiary/aromatic N) is 1. The van der Waals surface area contributed by atoms with Crippen molar-refractivity contribution >= 4 is 16.7 Å². The molecule has 0 saturated carbocycles. The minimum Gasteiger partial charge on any atom is -0.350 e. The fraction of sp³-hybridized carbons (Fsp3) is 0. The van der Waals surface area contributed by atoms with Crippen LogP contribution in [-0.4, -0.2) is 9.91 Å². The summed E-state index contributed by atoms with van der Waals surface area (Å²) in [5.41, 5.74) is 1.57. The monoisotopic (exact) mass is 136 g/mol. The molecule has 2 rings (SSSR count). The number of hydrogen-bond donors (Lipinski definition) is 1. The molecule has 2 bridgehead atoms. The molecule has 1 N–H and O–H groups in total. The highest BCUT2D eigenvalue weighted by molar-refractivity contribution is 5.77. The Hall–Kier alpha value is -1.58. The lowest BCUT2D eigenvalue weighted by atomic mass is 10.3. The molecule has 0 amide bonds. The van der Waals surface area contributed by atoms with Gasteiger partial charge in [-0.25, -0.2) is 0 Å². The number of fused-ring (bicyclic) bond motifs is 2. The van der Waals surface area contributed by atoms with Crippen LogP contribution in [0.4, 0.5) is 5.69 Å². The van der Waals surface area contributed by atoms with Gasteiger partial charge in [-0.15, -0.1) is 0 Å². The lowest BCUT2D eigenvalue weighted by Crippen LogP contribution is -1.84. The first kappa shape index (κ1) is 5.22. The fourth-order valence-corrected chi connectivity index (χ4v) is 1.02. The third-order valence-corrected chi connectivity index (χ3v) is 1.47. The van der Waals surface area contributed by atoms with Gasteiger partial charge < -0.3 is 4.98 Å². The van der Waals surface area contributed by atoms with Crippen LogP contribution >= 0.6 is 0 Å². The lowest BCUT2D eigenvalue weighted by molar-refractivity contribution is -0.383. The Kier molecular flexibility index (Phi) is 0.768. The van der Waals surface area contributed by atoms with E-state index in [1.54, 1.807) is 6.07 Å². The van der Waals surface area contributed by atoms with Crippen molar-refractivity contribution in [1.82, 2.24) is 4.98 Å². The molecule has 0 atom stereocenters. The third-order valence-electron chi connectivity index (χ3n) is 1.47. The maximum absolute atomic E-state index is 10.2. The van der Waals surface area contributed by atoms with Gasteiger partial charge in [-0.2, -0.15) is 0 Å². The molecule has 0 aliphatic rings. The van der Waals surface area contributed by atoms with Crippen LogP contribution < -0.4 is 0 Å². The SMILES string of the molecule is O=[N+]([O-])c1cc2ccc1[nH]2. The standard InChI is InChI=1S/C6H4N2O2/c9-8(10)6-3-4-1-2-5(6)7-4/h1-3,7H. The van der Waals surface area contributed by atoms with Crippen molar-refractivity contribution in [2.24, 2.45) is 0 Å². The second-order valence-electron chi connectivity index (χ2n) is 2.11. The van der Waals surface area contributed by atoms with Crippen molar-refractivity contribution in [2.45, 2.75) is 0 Å². The number of nitro benzene ring substituents is 1. The minimum absolute atomic E-state index is 0.164. The van der Waals surface area contributed by atoms with E-state index in [4.69, 9.17) is 0 Å². The van der Waals surface area contributed by atoms with Crippen molar-refractivity contribution in [1.29, 1.82) is 0 Å². The van der Waals surface area contributed by atoms with E-state index in [0.29, 0.717) is 5.52 Å². The Morgan fingerprint density at radius 3 is 2.60 bits per heavy atom. The summed E-state index contributed by atoms with van der Waals surface area (Å²) in [7, 11) is 0. The van der Waals surface area contributed by atoms with Gasteiger partial charge >= 0.3 is 0 Å². The zero-order chi connectivity index (χ0) is 7.14. The fourth-order valence-electron chi connectivity index (χ4n) is 1.02. The highest BCUT2D eigenvalue weighted by Gasteiger charge is 2.13. The van der Waals surface area contributed by atoms with Crippen LogP contribution in [0.2, 0.25) is 0 Å². The van der Waals surface area contributed by atoms with Gasteiger partial charge in [0, 0.05) is 11.6 Å². The number of hydrogen-bond acceptors (Lipinski definition) is 2. The molecule has 4 heteroatoms. The van der Waals surface area contributed by atoms with Gasteiger partial charge in [-0.1, -0.05) is 0 Å². The van der Waals surface area contributed by atoms with E-state index in [9.17, 15) is 10.1 Å². The zero-order valence-electron chi connectivity index (χ0n) is 5.00. The predicted molar refractivity (Wildman–Crippen MR) is 36.1 cm³/mol. The van der Waals surface area contributed by atoms with E-state index in [1.807, 2.05) is 6.07 Å². The Labute approximate surface area is 56.0 Å². The van der Waals surface area contributed by atoms with Crippen LogP contribution in [-0.2, 0) is 0 Å². The van der Waals surface area contributed by atoms with E-state index in [0.717, 1.165) is 5.52 Å². The number of H-pyrrole nitrogens is 1. The average molecular weight is 136 g/mol. The molecule has 2 aromatic rings. The molecule has 0 aliphatic heterocycles. The average Bonchev–Trinajstić information content (AvgIpc) is 2.44. The topological polar surface area (TPSA) is 58.9 Å². The normalized spacial score (nSPS) is 10.8. The largest absolute Gasteiger partial charge is 0.350 e. The molecule has 0 saturated heterocycles. The Morgan fingerprint density at radius 2 is 2.30 bits per heavy atom. The van der Waals surface area contributed by atoms with Gasteiger partial charge in [0.05, 0.1) is 4.92 Å². The van der Waals surface area contributed by atoms with Crippen LogP contribution in [0.1, 0.15) is 0 Å². The van der Waals surface area contributed by atoms with Gasteiger partial charge in [0.2, 0.25) is 0 Å². The number of nitrogens with one attached hydrogen (secondary N) is 1. The van der Waals surface area contributed by atoms with Gasteiger partial charge in [0.1, 0.15) is 5.52 Å². The van der Waals surface area contributed by atoms with Gasteiger partial charge in [0.25, 0.3) is 5.69 Å². The third kappa shape index (κ3) is 0.500. The Morgan fingerprint density at radius 1 is 1.50 bits per heavy atom.